The zero-order chi connectivity index (χ0) is 23.3. The Bertz CT molecular complexity index is 1080. The Balaban J connectivity index is 0.00000385. The Kier molecular flexibility index (Phi) is 8.85. The molecular formula is C21H26ClN5O6. The molecule has 3 rings (SSSR count). The SMILES string of the molecule is COc1ccc(-n2nncc2-c2cc(OC)c(OC)c(OC)c2)cc1NC(=O)C(N)CO.Cl. The quantitative estimate of drug-likeness (QED) is 0.417. The predicted molar refractivity (Wildman–Crippen MR) is 124 cm³/mol. The summed E-state index contributed by atoms with van der Waals surface area (Å²) in [4.78, 5) is 12.2. The molecule has 2 aromatic carbocycles. The molecule has 178 valence electrons. The largest absolute Gasteiger partial charge is 0.495 e. The van der Waals surface area contributed by atoms with Crippen molar-refractivity contribution in [2.45, 2.75) is 6.04 Å². The van der Waals surface area contributed by atoms with E-state index in [-0.39, 0.29) is 12.4 Å². The van der Waals surface area contributed by atoms with Crippen LogP contribution < -0.4 is 30.0 Å². The maximum atomic E-state index is 12.2. The fourth-order valence-electron chi connectivity index (χ4n) is 3.09. The van der Waals surface area contributed by atoms with Crippen molar-refractivity contribution in [3.63, 3.8) is 0 Å². The van der Waals surface area contributed by atoms with Crippen LogP contribution in [0.3, 0.4) is 0 Å². The smallest absolute Gasteiger partial charge is 0.243 e. The fraction of sp³-hybridized carbons (Fsp3) is 0.286. The maximum absolute atomic E-state index is 12.2. The van der Waals surface area contributed by atoms with Crippen LogP contribution in [0, 0.1) is 0 Å². The molecule has 0 spiro atoms. The predicted octanol–water partition coefficient (Wildman–Crippen LogP) is 1.65. The van der Waals surface area contributed by atoms with Crippen molar-refractivity contribution in [2.24, 2.45) is 5.73 Å². The van der Waals surface area contributed by atoms with Crippen molar-refractivity contribution < 1.29 is 28.8 Å². The van der Waals surface area contributed by atoms with E-state index in [1.807, 2.05) is 0 Å². The summed E-state index contributed by atoms with van der Waals surface area (Å²) >= 11 is 0. The first-order chi connectivity index (χ1) is 15.5. The number of nitrogens with zero attached hydrogens (tertiary/aromatic N) is 3. The van der Waals surface area contributed by atoms with Crippen LogP contribution in [0.4, 0.5) is 5.69 Å². The van der Waals surface area contributed by atoms with Gasteiger partial charge in [0.15, 0.2) is 11.5 Å². The van der Waals surface area contributed by atoms with E-state index in [9.17, 15) is 4.79 Å². The van der Waals surface area contributed by atoms with Gasteiger partial charge >= 0.3 is 0 Å². The van der Waals surface area contributed by atoms with Crippen LogP contribution in [0.15, 0.2) is 36.5 Å². The lowest BCUT2D eigenvalue weighted by atomic mass is 10.1. The number of aliphatic hydroxyl groups is 1. The molecule has 1 heterocycles. The monoisotopic (exact) mass is 479 g/mol. The second-order valence-electron chi connectivity index (χ2n) is 6.61. The molecule has 0 aliphatic carbocycles. The zero-order valence-corrected chi connectivity index (χ0v) is 19.4. The molecule has 0 aliphatic rings. The molecule has 1 amide bonds. The number of rotatable bonds is 9. The van der Waals surface area contributed by atoms with Crippen LogP contribution in [0.5, 0.6) is 23.0 Å². The fourth-order valence-corrected chi connectivity index (χ4v) is 3.09. The van der Waals surface area contributed by atoms with E-state index in [0.29, 0.717) is 45.6 Å². The molecule has 4 N–H and O–H groups in total. The first kappa shape index (κ1) is 25.7. The number of hydrogen-bond acceptors (Lipinski definition) is 9. The summed E-state index contributed by atoms with van der Waals surface area (Å²) in [7, 11) is 6.08. The van der Waals surface area contributed by atoms with Gasteiger partial charge in [-0.25, -0.2) is 4.68 Å². The summed E-state index contributed by atoms with van der Waals surface area (Å²) in [6.45, 7) is -0.484. The summed E-state index contributed by atoms with van der Waals surface area (Å²) in [6, 6.07) is 7.60. The van der Waals surface area contributed by atoms with Crippen molar-refractivity contribution in [3.05, 3.63) is 36.5 Å². The number of amides is 1. The van der Waals surface area contributed by atoms with E-state index < -0.39 is 18.6 Å². The van der Waals surface area contributed by atoms with Crippen molar-refractivity contribution in [2.75, 3.05) is 40.4 Å². The highest BCUT2D eigenvalue weighted by atomic mass is 35.5. The van der Waals surface area contributed by atoms with E-state index in [4.69, 9.17) is 29.8 Å². The summed E-state index contributed by atoms with van der Waals surface area (Å²) < 4.78 is 23.2. The van der Waals surface area contributed by atoms with Gasteiger partial charge < -0.3 is 35.1 Å². The second-order valence-corrected chi connectivity index (χ2v) is 6.61. The van der Waals surface area contributed by atoms with Gasteiger partial charge in [-0.05, 0) is 30.3 Å². The molecule has 1 aromatic heterocycles. The lowest BCUT2D eigenvalue weighted by Crippen LogP contribution is -2.38. The van der Waals surface area contributed by atoms with E-state index in [1.54, 1.807) is 41.2 Å². The first-order valence-corrected chi connectivity index (χ1v) is 9.54. The highest BCUT2D eigenvalue weighted by molar-refractivity contribution is 5.96. The van der Waals surface area contributed by atoms with Gasteiger partial charge in [-0.3, -0.25) is 4.79 Å². The van der Waals surface area contributed by atoms with Gasteiger partial charge in [0.05, 0.1) is 58.3 Å². The van der Waals surface area contributed by atoms with Gasteiger partial charge in [-0.15, -0.1) is 17.5 Å². The Morgan fingerprint density at radius 2 is 1.70 bits per heavy atom. The maximum Gasteiger partial charge on any atom is 0.243 e. The molecule has 3 aromatic rings. The standard InChI is InChI=1S/C21H25N5O6.ClH/c1-29-17-6-5-13(9-15(17)24-21(28)14(22)11-27)26-16(10-23-25-26)12-7-18(30-2)20(32-4)19(8-12)31-3;/h5-10,14,27H,11,22H2,1-4H3,(H,24,28);1H. The average molecular weight is 480 g/mol. The van der Waals surface area contributed by atoms with E-state index >= 15 is 0 Å². The number of ether oxygens (including phenoxy) is 4. The molecule has 33 heavy (non-hydrogen) atoms. The number of carbonyl (C=O) groups excluding carboxylic acids is 1. The Hall–Kier alpha value is -3.54. The minimum absolute atomic E-state index is 0. The molecule has 0 saturated carbocycles. The number of carbonyl (C=O) groups is 1. The van der Waals surface area contributed by atoms with Gasteiger partial charge in [0, 0.05) is 5.56 Å². The second kappa shape index (κ2) is 11.4. The number of nitrogens with one attached hydrogen (secondary N) is 1. The van der Waals surface area contributed by atoms with Gasteiger partial charge in [0.2, 0.25) is 11.7 Å². The lowest BCUT2D eigenvalue weighted by molar-refractivity contribution is -0.118. The Labute approximate surface area is 196 Å². The molecule has 0 saturated heterocycles. The third-order valence-electron chi connectivity index (χ3n) is 4.73. The molecule has 12 heteroatoms. The number of benzene rings is 2. The van der Waals surface area contributed by atoms with Crippen LogP contribution in [0.1, 0.15) is 0 Å². The number of halogens is 1. The molecule has 0 aliphatic heterocycles. The number of methoxy groups -OCH3 is 4. The molecular weight excluding hydrogens is 454 g/mol. The van der Waals surface area contributed by atoms with Crippen molar-refractivity contribution >= 4 is 24.0 Å². The zero-order valence-electron chi connectivity index (χ0n) is 18.6. The highest BCUT2D eigenvalue weighted by Gasteiger charge is 2.19. The lowest BCUT2D eigenvalue weighted by Gasteiger charge is -2.16. The van der Waals surface area contributed by atoms with E-state index in [0.717, 1.165) is 0 Å². The molecule has 11 nitrogen and oxygen atoms in total. The Morgan fingerprint density at radius 3 is 2.24 bits per heavy atom. The van der Waals surface area contributed by atoms with Crippen LogP contribution in [-0.2, 0) is 4.79 Å². The van der Waals surface area contributed by atoms with E-state index in [1.165, 1.54) is 28.4 Å². The van der Waals surface area contributed by atoms with Crippen molar-refractivity contribution in [1.82, 2.24) is 15.0 Å². The molecule has 1 atom stereocenters. The third kappa shape index (κ3) is 5.28. The number of anilines is 1. The van der Waals surface area contributed by atoms with Crippen LogP contribution in [-0.4, -0.2) is 67.1 Å². The van der Waals surface area contributed by atoms with Gasteiger partial charge in [0.25, 0.3) is 0 Å². The summed E-state index contributed by atoms with van der Waals surface area (Å²) in [5, 5.41) is 20.0. The normalized spacial score (nSPS) is 11.2. The third-order valence-corrected chi connectivity index (χ3v) is 4.73. The van der Waals surface area contributed by atoms with E-state index in [2.05, 4.69) is 15.6 Å². The summed E-state index contributed by atoms with van der Waals surface area (Å²) in [5.74, 6) is 1.30. The van der Waals surface area contributed by atoms with Gasteiger partial charge in [-0.2, -0.15) is 0 Å². The molecule has 0 bridgehead atoms. The van der Waals surface area contributed by atoms with Crippen LogP contribution >= 0.6 is 12.4 Å². The molecule has 1 unspecified atom stereocenters. The minimum Gasteiger partial charge on any atom is -0.495 e. The number of hydrogen-bond donors (Lipinski definition) is 3. The topological polar surface area (TPSA) is 143 Å². The van der Waals surface area contributed by atoms with Crippen molar-refractivity contribution in [1.29, 1.82) is 0 Å². The number of aromatic nitrogens is 3. The first-order valence-electron chi connectivity index (χ1n) is 9.54. The summed E-state index contributed by atoms with van der Waals surface area (Å²) in [5.41, 5.74) is 7.92. The molecule has 0 radical (unpaired) electrons. The van der Waals surface area contributed by atoms with Gasteiger partial charge in [-0.1, -0.05) is 5.21 Å². The highest BCUT2D eigenvalue weighted by Crippen LogP contribution is 2.41. The molecule has 0 fully saturated rings. The summed E-state index contributed by atoms with van der Waals surface area (Å²) in [6.07, 6.45) is 1.59. The average Bonchev–Trinajstić information content (AvgIpc) is 3.32. The van der Waals surface area contributed by atoms with Gasteiger partial charge in [0.1, 0.15) is 11.8 Å². The van der Waals surface area contributed by atoms with Crippen LogP contribution in [0.25, 0.3) is 16.9 Å². The minimum atomic E-state index is -1.07. The number of nitrogens with two attached hydrogens (primary N) is 1. The van der Waals surface area contributed by atoms with Crippen LogP contribution in [0.2, 0.25) is 0 Å². The Morgan fingerprint density at radius 1 is 1.06 bits per heavy atom. The number of aliphatic hydroxyl groups excluding tert-OH is 1. The van der Waals surface area contributed by atoms with Crippen molar-refractivity contribution in [3.8, 4) is 39.9 Å².